The van der Waals surface area contributed by atoms with Gasteiger partial charge in [0.15, 0.2) is 0 Å². The molecule has 0 saturated heterocycles. The SMILES string of the molecule is C=C(CNC1C=C(c2ccc(C)cc2)N=C(CCCCC)C1)NC1(C2=CN(C)CC=C2)CC1. The van der Waals surface area contributed by atoms with Crippen LogP contribution in [-0.4, -0.2) is 42.3 Å². The Bertz CT molecular complexity index is 960. The first-order chi connectivity index (χ1) is 16.0. The zero-order valence-corrected chi connectivity index (χ0v) is 20.7. The van der Waals surface area contributed by atoms with Crippen molar-refractivity contribution in [3.8, 4) is 0 Å². The molecule has 1 fully saturated rings. The first-order valence-corrected chi connectivity index (χ1v) is 12.6. The molecule has 33 heavy (non-hydrogen) atoms. The van der Waals surface area contributed by atoms with Crippen molar-refractivity contribution in [1.82, 2.24) is 15.5 Å². The summed E-state index contributed by atoms with van der Waals surface area (Å²) in [6.45, 7) is 10.5. The predicted molar refractivity (Wildman–Crippen MR) is 141 cm³/mol. The Balaban J connectivity index is 1.39. The van der Waals surface area contributed by atoms with Gasteiger partial charge in [-0.05, 0) is 49.8 Å². The van der Waals surface area contributed by atoms with Gasteiger partial charge in [0.25, 0.3) is 0 Å². The van der Waals surface area contributed by atoms with Gasteiger partial charge in [0.05, 0.1) is 11.2 Å². The van der Waals surface area contributed by atoms with Crippen LogP contribution < -0.4 is 10.6 Å². The average molecular weight is 445 g/mol. The standard InChI is InChI=1S/C29H40N4/c1-5-6-7-10-26-18-27(19-28(31-26)24-13-11-22(2)12-14-24)30-20-23(3)32-29(15-16-29)25-9-8-17-33(4)21-25/h8-9,11-14,19,21,27,30,32H,3,5-7,10,15-18,20H2,1-2,4H3. The number of unbranched alkanes of at least 4 members (excludes halogenated alkanes) is 2. The smallest absolute Gasteiger partial charge is 0.0677 e. The highest BCUT2D eigenvalue weighted by Crippen LogP contribution is 2.44. The molecule has 4 rings (SSSR count). The second-order valence-corrected chi connectivity index (χ2v) is 9.98. The Morgan fingerprint density at radius 3 is 2.70 bits per heavy atom. The van der Waals surface area contributed by atoms with Crippen molar-refractivity contribution in [2.45, 2.75) is 70.4 Å². The fourth-order valence-corrected chi connectivity index (χ4v) is 4.72. The van der Waals surface area contributed by atoms with Crippen LogP contribution in [0.15, 0.2) is 71.5 Å². The quantitative estimate of drug-likeness (QED) is 0.428. The van der Waals surface area contributed by atoms with Crippen LogP contribution in [0.4, 0.5) is 0 Å². The molecule has 4 nitrogen and oxygen atoms in total. The van der Waals surface area contributed by atoms with Gasteiger partial charge in [-0.25, -0.2) is 0 Å². The molecule has 0 bridgehead atoms. The molecule has 3 aliphatic rings. The number of aliphatic imine (C=N–C) groups is 1. The van der Waals surface area contributed by atoms with Gasteiger partial charge in [0, 0.05) is 50.2 Å². The maximum atomic E-state index is 5.05. The van der Waals surface area contributed by atoms with E-state index in [1.807, 2.05) is 0 Å². The first kappa shape index (κ1) is 23.6. The lowest BCUT2D eigenvalue weighted by Gasteiger charge is -2.28. The topological polar surface area (TPSA) is 39.7 Å². The van der Waals surface area contributed by atoms with E-state index >= 15 is 0 Å². The minimum absolute atomic E-state index is 0.0756. The lowest BCUT2D eigenvalue weighted by Crippen LogP contribution is -2.40. The van der Waals surface area contributed by atoms with E-state index in [1.54, 1.807) is 0 Å². The van der Waals surface area contributed by atoms with Crippen molar-refractivity contribution in [2.75, 3.05) is 20.1 Å². The van der Waals surface area contributed by atoms with E-state index < -0.39 is 0 Å². The monoisotopic (exact) mass is 444 g/mol. The van der Waals surface area contributed by atoms with Gasteiger partial charge >= 0.3 is 0 Å². The van der Waals surface area contributed by atoms with Crippen LogP contribution in [0.2, 0.25) is 0 Å². The summed E-state index contributed by atoms with van der Waals surface area (Å²) >= 11 is 0. The molecule has 0 radical (unpaired) electrons. The summed E-state index contributed by atoms with van der Waals surface area (Å²) in [4.78, 5) is 7.30. The molecule has 4 heteroatoms. The van der Waals surface area contributed by atoms with Crippen LogP contribution in [0.25, 0.3) is 5.70 Å². The van der Waals surface area contributed by atoms with Crippen LogP contribution in [0.1, 0.15) is 63.0 Å². The van der Waals surface area contributed by atoms with E-state index in [2.05, 4.69) is 91.7 Å². The number of nitrogens with one attached hydrogen (secondary N) is 2. The highest BCUT2D eigenvalue weighted by Gasteiger charge is 2.45. The van der Waals surface area contributed by atoms with Crippen molar-refractivity contribution in [3.05, 3.63) is 77.7 Å². The van der Waals surface area contributed by atoms with E-state index in [-0.39, 0.29) is 11.6 Å². The summed E-state index contributed by atoms with van der Waals surface area (Å²) in [6.07, 6.45) is 17.2. The predicted octanol–water partition coefficient (Wildman–Crippen LogP) is 5.74. The summed E-state index contributed by atoms with van der Waals surface area (Å²) in [5.41, 5.74) is 7.42. The molecule has 2 aliphatic heterocycles. The lowest BCUT2D eigenvalue weighted by atomic mass is 9.97. The zero-order chi connectivity index (χ0) is 23.3. The van der Waals surface area contributed by atoms with E-state index in [1.165, 1.54) is 54.5 Å². The van der Waals surface area contributed by atoms with E-state index in [9.17, 15) is 0 Å². The van der Waals surface area contributed by atoms with Crippen molar-refractivity contribution >= 4 is 11.4 Å². The summed E-state index contributed by atoms with van der Waals surface area (Å²) in [5.74, 6) is 0. The molecule has 1 saturated carbocycles. The molecule has 1 aliphatic carbocycles. The number of hydrogen-bond acceptors (Lipinski definition) is 4. The number of rotatable bonds is 11. The van der Waals surface area contributed by atoms with Crippen LogP contribution in [-0.2, 0) is 0 Å². The molecule has 1 atom stereocenters. The Labute approximate surface area is 200 Å². The van der Waals surface area contributed by atoms with Gasteiger partial charge in [-0.15, -0.1) is 0 Å². The molecule has 2 heterocycles. The van der Waals surface area contributed by atoms with E-state index in [4.69, 9.17) is 4.99 Å². The largest absolute Gasteiger partial charge is 0.378 e. The van der Waals surface area contributed by atoms with Crippen LogP contribution in [0.5, 0.6) is 0 Å². The van der Waals surface area contributed by atoms with Gasteiger partial charge in [-0.1, -0.05) is 68.3 Å². The molecule has 0 spiro atoms. The summed E-state index contributed by atoms with van der Waals surface area (Å²) < 4.78 is 0. The second kappa shape index (κ2) is 10.6. The minimum Gasteiger partial charge on any atom is -0.378 e. The lowest BCUT2D eigenvalue weighted by molar-refractivity contribution is 0.484. The summed E-state index contributed by atoms with van der Waals surface area (Å²) in [5, 5.41) is 7.49. The van der Waals surface area contributed by atoms with Crippen molar-refractivity contribution in [1.29, 1.82) is 0 Å². The fourth-order valence-electron chi connectivity index (χ4n) is 4.72. The van der Waals surface area contributed by atoms with Gasteiger partial charge in [-0.2, -0.15) is 0 Å². The summed E-state index contributed by atoms with van der Waals surface area (Å²) in [7, 11) is 2.14. The number of nitrogens with zero attached hydrogens (tertiary/aromatic N) is 2. The van der Waals surface area contributed by atoms with Crippen molar-refractivity contribution in [2.24, 2.45) is 4.99 Å². The maximum absolute atomic E-state index is 5.05. The third-order valence-electron chi connectivity index (χ3n) is 6.86. The van der Waals surface area contributed by atoms with Gasteiger partial charge in [-0.3, -0.25) is 4.99 Å². The molecule has 176 valence electrons. The minimum atomic E-state index is 0.0756. The Kier molecular flexibility index (Phi) is 7.54. The molecule has 1 unspecified atom stereocenters. The highest BCUT2D eigenvalue weighted by atomic mass is 15.1. The zero-order valence-electron chi connectivity index (χ0n) is 20.7. The number of hydrogen-bond donors (Lipinski definition) is 2. The molecular weight excluding hydrogens is 404 g/mol. The van der Waals surface area contributed by atoms with Crippen LogP contribution in [0.3, 0.4) is 0 Å². The summed E-state index contributed by atoms with van der Waals surface area (Å²) in [6, 6.07) is 9.01. The Hall–Kier alpha value is -2.59. The normalized spacial score (nSPS) is 21.2. The van der Waals surface area contributed by atoms with Crippen molar-refractivity contribution < 1.29 is 0 Å². The van der Waals surface area contributed by atoms with E-state index in [0.717, 1.165) is 37.3 Å². The van der Waals surface area contributed by atoms with Gasteiger partial charge in [0.2, 0.25) is 0 Å². The van der Waals surface area contributed by atoms with Crippen LogP contribution >= 0.6 is 0 Å². The molecular formula is C29H40N4. The second-order valence-electron chi connectivity index (χ2n) is 9.98. The highest BCUT2D eigenvalue weighted by molar-refractivity contribution is 5.92. The Morgan fingerprint density at radius 2 is 2.00 bits per heavy atom. The third-order valence-corrected chi connectivity index (χ3v) is 6.86. The van der Waals surface area contributed by atoms with Gasteiger partial charge in [0.1, 0.15) is 0 Å². The van der Waals surface area contributed by atoms with Crippen LogP contribution in [0, 0.1) is 6.92 Å². The average Bonchev–Trinajstić information content (AvgIpc) is 3.59. The molecule has 1 aromatic carbocycles. The maximum Gasteiger partial charge on any atom is 0.0677 e. The fraction of sp³-hybridized carbons (Fsp3) is 0.483. The van der Waals surface area contributed by atoms with Crippen molar-refractivity contribution in [3.63, 3.8) is 0 Å². The van der Waals surface area contributed by atoms with Gasteiger partial charge < -0.3 is 15.5 Å². The molecule has 0 amide bonds. The number of benzene rings is 1. The third kappa shape index (κ3) is 6.26. The molecule has 1 aromatic rings. The number of likely N-dealkylation sites (N-methyl/N-ethyl adjacent to an activating group) is 1. The first-order valence-electron chi connectivity index (χ1n) is 12.6. The molecule has 2 N–H and O–H groups in total. The molecule has 0 aromatic heterocycles. The number of aryl methyl sites for hydroxylation is 1. The van der Waals surface area contributed by atoms with E-state index in [0.29, 0.717) is 0 Å². The Morgan fingerprint density at radius 1 is 1.21 bits per heavy atom.